The lowest BCUT2D eigenvalue weighted by molar-refractivity contribution is -0.154. The van der Waals surface area contributed by atoms with Crippen molar-refractivity contribution in [1.29, 1.82) is 0 Å². The normalized spacial score (nSPS) is 10.7. The van der Waals surface area contributed by atoms with Crippen molar-refractivity contribution in [2.24, 2.45) is 5.92 Å². The van der Waals surface area contributed by atoms with Gasteiger partial charge in [0.05, 0.1) is 0 Å². The summed E-state index contributed by atoms with van der Waals surface area (Å²) in [5.41, 5.74) is 1.34. The van der Waals surface area contributed by atoms with Crippen LogP contribution in [-0.4, -0.2) is 22.2 Å². The van der Waals surface area contributed by atoms with Gasteiger partial charge in [0.25, 0.3) is 0 Å². The molecule has 0 aliphatic heterocycles. The first-order chi connectivity index (χ1) is 9.61. The standard InChI is InChI=1S/C16H22O4/c17-15(18)14(16(19)20)12-8-3-1-2-5-9-13-10-6-4-7-11-13/h4,6-7,10-11,14H,1-3,5,8-9,12H2,(H,17,18)(H,19,20). The molecule has 0 radical (unpaired) electrons. The number of unbranched alkanes of at least 4 members (excludes halogenated alkanes) is 4. The van der Waals surface area contributed by atoms with E-state index >= 15 is 0 Å². The summed E-state index contributed by atoms with van der Waals surface area (Å²) in [6.45, 7) is 0. The number of aryl methyl sites for hydroxylation is 1. The first kappa shape index (κ1) is 16.2. The molecular formula is C16H22O4. The first-order valence-corrected chi connectivity index (χ1v) is 7.11. The van der Waals surface area contributed by atoms with Crippen molar-refractivity contribution in [1.82, 2.24) is 0 Å². The summed E-state index contributed by atoms with van der Waals surface area (Å²) in [6, 6.07) is 10.3. The van der Waals surface area contributed by atoms with Crippen molar-refractivity contribution in [3.63, 3.8) is 0 Å². The SMILES string of the molecule is O=C(O)C(CCCCCCCc1ccccc1)C(=O)O. The molecule has 1 rings (SSSR count). The Bertz CT molecular complexity index is 400. The second kappa shape index (κ2) is 9.13. The van der Waals surface area contributed by atoms with E-state index in [4.69, 9.17) is 10.2 Å². The van der Waals surface area contributed by atoms with Crippen LogP contribution in [0.15, 0.2) is 30.3 Å². The van der Waals surface area contributed by atoms with Gasteiger partial charge >= 0.3 is 11.9 Å². The molecule has 0 amide bonds. The maximum Gasteiger partial charge on any atom is 0.317 e. The minimum absolute atomic E-state index is 0.226. The summed E-state index contributed by atoms with van der Waals surface area (Å²) in [5.74, 6) is -3.72. The van der Waals surface area contributed by atoms with E-state index in [9.17, 15) is 9.59 Å². The van der Waals surface area contributed by atoms with Crippen molar-refractivity contribution < 1.29 is 19.8 Å². The number of carboxylic acid groups (broad SMARTS) is 2. The number of carbonyl (C=O) groups is 2. The molecule has 110 valence electrons. The van der Waals surface area contributed by atoms with E-state index < -0.39 is 17.9 Å². The zero-order chi connectivity index (χ0) is 14.8. The monoisotopic (exact) mass is 278 g/mol. The van der Waals surface area contributed by atoms with E-state index in [2.05, 4.69) is 12.1 Å². The van der Waals surface area contributed by atoms with Gasteiger partial charge in [-0.25, -0.2) is 0 Å². The average molecular weight is 278 g/mol. The molecule has 0 spiro atoms. The molecule has 0 saturated carbocycles. The molecular weight excluding hydrogens is 256 g/mol. The minimum Gasteiger partial charge on any atom is -0.481 e. The highest BCUT2D eigenvalue weighted by Crippen LogP contribution is 2.13. The number of carboxylic acids is 2. The Balaban J connectivity index is 2.05. The summed E-state index contributed by atoms with van der Waals surface area (Å²) in [4.78, 5) is 21.4. The third-order valence-corrected chi connectivity index (χ3v) is 3.40. The highest BCUT2D eigenvalue weighted by molar-refractivity contribution is 5.92. The maximum absolute atomic E-state index is 10.7. The molecule has 0 aromatic heterocycles. The molecule has 0 heterocycles. The lowest BCUT2D eigenvalue weighted by atomic mass is 10.00. The Hall–Kier alpha value is -1.84. The number of hydrogen-bond acceptors (Lipinski definition) is 2. The van der Waals surface area contributed by atoms with Gasteiger partial charge in [0.15, 0.2) is 5.92 Å². The highest BCUT2D eigenvalue weighted by Gasteiger charge is 2.24. The molecule has 0 bridgehead atoms. The van der Waals surface area contributed by atoms with Crippen LogP contribution >= 0.6 is 0 Å². The quantitative estimate of drug-likeness (QED) is 0.508. The van der Waals surface area contributed by atoms with Crippen LogP contribution in [0.4, 0.5) is 0 Å². The van der Waals surface area contributed by atoms with Gasteiger partial charge in [-0.2, -0.15) is 0 Å². The zero-order valence-corrected chi connectivity index (χ0v) is 11.6. The lowest BCUT2D eigenvalue weighted by Gasteiger charge is -2.06. The first-order valence-electron chi connectivity index (χ1n) is 7.11. The molecule has 2 N–H and O–H groups in total. The topological polar surface area (TPSA) is 74.6 Å². The van der Waals surface area contributed by atoms with E-state index in [0.717, 1.165) is 32.1 Å². The molecule has 0 aliphatic rings. The van der Waals surface area contributed by atoms with Crippen molar-refractivity contribution in [3.05, 3.63) is 35.9 Å². The van der Waals surface area contributed by atoms with Gasteiger partial charge in [0, 0.05) is 0 Å². The zero-order valence-electron chi connectivity index (χ0n) is 11.6. The smallest absolute Gasteiger partial charge is 0.317 e. The van der Waals surface area contributed by atoms with E-state index in [-0.39, 0.29) is 6.42 Å². The third kappa shape index (κ3) is 6.36. The number of aliphatic carboxylic acids is 2. The van der Waals surface area contributed by atoms with Crippen LogP contribution in [0.2, 0.25) is 0 Å². The predicted molar refractivity (Wildman–Crippen MR) is 76.6 cm³/mol. The fourth-order valence-corrected chi connectivity index (χ4v) is 2.21. The van der Waals surface area contributed by atoms with Crippen LogP contribution in [0.25, 0.3) is 0 Å². The lowest BCUT2D eigenvalue weighted by Crippen LogP contribution is -2.23. The van der Waals surface area contributed by atoms with Crippen LogP contribution in [0.1, 0.15) is 44.1 Å². The summed E-state index contributed by atoms with van der Waals surface area (Å²) >= 11 is 0. The molecule has 0 aliphatic carbocycles. The molecule has 20 heavy (non-hydrogen) atoms. The summed E-state index contributed by atoms with van der Waals surface area (Å²) in [7, 11) is 0. The number of rotatable bonds is 10. The largest absolute Gasteiger partial charge is 0.481 e. The van der Waals surface area contributed by atoms with Gasteiger partial charge < -0.3 is 10.2 Å². The van der Waals surface area contributed by atoms with E-state index in [0.29, 0.717) is 6.42 Å². The second-order valence-electron chi connectivity index (χ2n) is 5.02. The van der Waals surface area contributed by atoms with E-state index in [1.165, 1.54) is 5.56 Å². The molecule has 1 aromatic rings. The Morgan fingerprint density at radius 2 is 1.40 bits per heavy atom. The molecule has 0 saturated heterocycles. The summed E-state index contributed by atoms with van der Waals surface area (Å²) in [5, 5.41) is 17.5. The molecule has 4 nitrogen and oxygen atoms in total. The van der Waals surface area contributed by atoms with Crippen molar-refractivity contribution in [3.8, 4) is 0 Å². The van der Waals surface area contributed by atoms with Crippen LogP contribution < -0.4 is 0 Å². The van der Waals surface area contributed by atoms with Crippen LogP contribution in [0.3, 0.4) is 0 Å². The van der Waals surface area contributed by atoms with Gasteiger partial charge in [-0.1, -0.05) is 56.0 Å². The van der Waals surface area contributed by atoms with Crippen molar-refractivity contribution >= 4 is 11.9 Å². The second-order valence-corrected chi connectivity index (χ2v) is 5.02. The molecule has 0 fully saturated rings. The van der Waals surface area contributed by atoms with Gasteiger partial charge in [-0.05, 0) is 24.8 Å². The Kier molecular flexibility index (Phi) is 7.40. The van der Waals surface area contributed by atoms with Gasteiger partial charge in [0.2, 0.25) is 0 Å². The van der Waals surface area contributed by atoms with Crippen LogP contribution in [0, 0.1) is 5.92 Å². The summed E-state index contributed by atoms with van der Waals surface area (Å²) in [6.07, 6.45) is 6.08. The highest BCUT2D eigenvalue weighted by atomic mass is 16.4. The average Bonchev–Trinajstić information content (AvgIpc) is 2.42. The molecule has 1 aromatic carbocycles. The fourth-order valence-electron chi connectivity index (χ4n) is 2.21. The fraction of sp³-hybridized carbons (Fsp3) is 0.500. The van der Waals surface area contributed by atoms with Crippen LogP contribution in [-0.2, 0) is 16.0 Å². The van der Waals surface area contributed by atoms with Crippen molar-refractivity contribution in [2.75, 3.05) is 0 Å². The van der Waals surface area contributed by atoms with E-state index in [1.54, 1.807) is 0 Å². The Labute approximate surface area is 119 Å². The Morgan fingerprint density at radius 1 is 0.850 bits per heavy atom. The van der Waals surface area contributed by atoms with Crippen molar-refractivity contribution in [2.45, 2.75) is 44.9 Å². The predicted octanol–water partition coefficient (Wildman–Crippen LogP) is 3.36. The minimum atomic E-state index is -1.25. The van der Waals surface area contributed by atoms with Gasteiger partial charge in [-0.3, -0.25) is 9.59 Å². The van der Waals surface area contributed by atoms with Gasteiger partial charge in [0.1, 0.15) is 0 Å². The molecule has 4 heteroatoms. The Morgan fingerprint density at radius 3 is 2.00 bits per heavy atom. The summed E-state index contributed by atoms with van der Waals surface area (Å²) < 4.78 is 0. The van der Waals surface area contributed by atoms with E-state index in [1.807, 2.05) is 18.2 Å². The van der Waals surface area contributed by atoms with Gasteiger partial charge in [-0.15, -0.1) is 0 Å². The number of hydrogen-bond donors (Lipinski definition) is 2. The maximum atomic E-state index is 10.7. The molecule has 0 atom stereocenters. The van der Waals surface area contributed by atoms with Crippen LogP contribution in [0.5, 0.6) is 0 Å². The molecule has 0 unspecified atom stereocenters. The third-order valence-electron chi connectivity index (χ3n) is 3.40. The number of benzene rings is 1.